The van der Waals surface area contributed by atoms with Gasteiger partial charge in [-0.15, -0.1) is 0 Å². The van der Waals surface area contributed by atoms with E-state index in [4.69, 9.17) is 11.6 Å². The van der Waals surface area contributed by atoms with Crippen LogP contribution >= 0.6 is 11.6 Å². The maximum absolute atomic E-state index is 13.6. The van der Waals surface area contributed by atoms with Gasteiger partial charge in [0, 0.05) is 35.2 Å². The van der Waals surface area contributed by atoms with Gasteiger partial charge in [-0.05, 0) is 36.8 Å². The van der Waals surface area contributed by atoms with Gasteiger partial charge >= 0.3 is 0 Å². The molecule has 0 fully saturated rings. The molecule has 118 valence electrons. The highest BCUT2D eigenvalue weighted by Crippen LogP contribution is 2.35. The number of halogens is 2. The minimum Gasteiger partial charge on any atom is -0.256 e. The Kier molecular flexibility index (Phi) is 3.50. The third-order valence-electron chi connectivity index (χ3n) is 3.89. The molecular formula is C18H12ClFN4. The molecule has 0 spiro atoms. The van der Waals surface area contributed by atoms with E-state index in [-0.39, 0.29) is 5.82 Å². The van der Waals surface area contributed by atoms with Crippen LogP contribution in [-0.2, 0) is 0 Å². The molecule has 0 bridgehead atoms. The van der Waals surface area contributed by atoms with E-state index in [0.717, 1.165) is 22.4 Å². The zero-order chi connectivity index (χ0) is 16.7. The van der Waals surface area contributed by atoms with E-state index < -0.39 is 0 Å². The molecule has 4 aromatic rings. The molecule has 3 aromatic heterocycles. The Morgan fingerprint density at radius 2 is 1.96 bits per heavy atom. The number of pyridine rings is 2. The molecule has 0 radical (unpaired) electrons. The van der Waals surface area contributed by atoms with Crippen molar-refractivity contribution in [3.63, 3.8) is 0 Å². The van der Waals surface area contributed by atoms with Gasteiger partial charge in [-0.2, -0.15) is 5.10 Å². The maximum Gasteiger partial charge on any atom is 0.156 e. The number of aromatic nitrogens is 4. The third kappa shape index (κ3) is 2.43. The van der Waals surface area contributed by atoms with Crippen molar-refractivity contribution in [3.8, 4) is 22.4 Å². The van der Waals surface area contributed by atoms with Gasteiger partial charge in [0.15, 0.2) is 5.65 Å². The third-order valence-corrected chi connectivity index (χ3v) is 4.21. The first-order valence-electron chi connectivity index (χ1n) is 7.34. The summed E-state index contributed by atoms with van der Waals surface area (Å²) in [6.07, 6.45) is 5.00. The molecule has 0 N–H and O–H groups in total. The predicted octanol–water partition coefficient (Wildman–Crippen LogP) is 4.56. The van der Waals surface area contributed by atoms with Crippen LogP contribution in [0.4, 0.5) is 4.39 Å². The first-order valence-corrected chi connectivity index (χ1v) is 7.72. The Morgan fingerprint density at radius 1 is 1.08 bits per heavy atom. The van der Waals surface area contributed by atoms with Gasteiger partial charge in [-0.1, -0.05) is 17.7 Å². The molecule has 4 rings (SSSR count). The number of hydrogen-bond acceptors (Lipinski definition) is 3. The minimum atomic E-state index is -0.238. The summed E-state index contributed by atoms with van der Waals surface area (Å²) in [5.74, 6) is -0.238. The second kappa shape index (κ2) is 5.69. The standard InChI is InChI=1S/C18H12ClFN4/c1-11-7-12(4-5-16(11)20)18-13(3-2-6-21-18)14-9-24-17(8-15(14)19)22-10-23-24/h2-10H,1H3. The maximum atomic E-state index is 13.6. The number of fused-ring (bicyclic) bond motifs is 1. The highest BCUT2D eigenvalue weighted by atomic mass is 35.5. The first kappa shape index (κ1) is 14.8. The first-order chi connectivity index (χ1) is 11.6. The fraction of sp³-hybridized carbons (Fsp3) is 0.0556. The van der Waals surface area contributed by atoms with E-state index in [1.807, 2.05) is 18.3 Å². The van der Waals surface area contributed by atoms with Crippen LogP contribution in [0.1, 0.15) is 5.56 Å². The van der Waals surface area contributed by atoms with Crippen LogP contribution in [0.2, 0.25) is 5.02 Å². The Morgan fingerprint density at radius 3 is 2.79 bits per heavy atom. The second-order valence-corrected chi connectivity index (χ2v) is 5.87. The van der Waals surface area contributed by atoms with Gasteiger partial charge in [-0.25, -0.2) is 13.9 Å². The van der Waals surface area contributed by atoms with Crippen molar-refractivity contribution in [1.82, 2.24) is 19.6 Å². The van der Waals surface area contributed by atoms with E-state index in [9.17, 15) is 4.39 Å². The number of aryl methyl sites for hydroxylation is 1. The largest absolute Gasteiger partial charge is 0.256 e. The summed E-state index contributed by atoms with van der Waals surface area (Å²) in [7, 11) is 0. The monoisotopic (exact) mass is 338 g/mol. The van der Waals surface area contributed by atoms with E-state index >= 15 is 0 Å². The molecule has 0 saturated heterocycles. The Balaban J connectivity index is 1.95. The molecule has 0 atom stereocenters. The average molecular weight is 339 g/mol. The highest BCUT2D eigenvalue weighted by molar-refractivity contribution is 6.33. The van der Waals surface area contributed by atoms with Crippen molar-refractivity contribution in [1.29, 1.82) is 0 Å². The molecule has 6 heteroatoms. The molecule has 3 heterocycles. The van der Waals surface area contributed by atoms with Crippen LogP contribution in [0.25, 0.3) is 28.0 Å². The molecule has 24 heavy (non-hydrogen) atoms. The zero-order valence-electron chi connectivity index (χ0n) is 12.7. The highest BCUT2D eigenvalue weighted by Gasteiger charge is 2.14. The van der Waals surface area contributed by atoms with E-state index in [1.165, 1.54) is 12.4 Å². The van der Waals surface area contributed by atoms with Gasteiger partial charge in [0.05, 0.1) is 10.7 Å². The lowest BCUT2D eigenvalue weighted by Gasteiger charge is -2.11. The van der Waals surface area contributed by atoms with Crippen LogP contribution in [0, 0.1) is 12.7 Å². The smallest absolute Gasteiger partial charge is 0.156 e. The predicted molar refractivity (Wildman–Crippen MR) is 91.4 cm³/mol. The quantitative estimate of drug-likeness (QED) is 0.538. The van der Waals surface area contributed by atoms with E-state index in [2.05, 4.69) is 15.1 Å². The number of hydrogen-bond donors (Lipinski definition) is 0. The van der Waals surface area contributed by atoms with Crippen LogP contribution in [-0.4, -0.2) is 19.6 Å². The average Bonchev–Trinajstić information content (AvgIpc) is 3.04. The van der Waals surface area contributed by atoms with Gasteiger partial charge < -0.3 is 0 Å². The summed E-state index contributed by atoms with van der Waals surface area (Å²) in [4.78, 5) is 8.60. The van der Waals surface area contributed by atoms with Crippen LogP contribution < -0.4 is 0 Å². The molecular weight excluding hydrogens is 327 g/mol. The molecule has 0 saturated carbocycles. The summed E-state index contributed by atoms with van der Waals surface area (Å²) in [5, 5.41) is 4.71. The van der Waals surface area contributed by atoms with E-state index in [1.54, 1.807) is 35.8 Å². The number of rotatable bonds is 2. The van der Waals surface area contributed by atoms with Crippen molar-refractivity contribution in [2.75, 3.05) is 0 Å². The molecule has 4 nitrogen and oxygen atoms in total. The fourth-order valence-electron chi connectivity index (χ4n) is 2.68. The van der Waals surface area contributed by atoms with Crippen LogP contribution in [0.3, 0.4) is 0 Å². The summed E-state index contributed by atoms with van der Waals surface area (Å²) < 4.78 is 15.2. The summed E-state index contributed by atoms with van der Waals surface area (Å²) >= 11 is 6.44. The normalized spacial score (nSPS) is 11.1. The van der Waals surface area contributed by atoms with Gasteiger partial charge in [0.25, 0.3) is 0 Å². The molecule has 0 unspecified atom stereocenters. The van der Waals surface area contributed by atoms with Gasteiger partial charge in [0.1, 0.15) is 12.1 Å². The SMILES string of the molecule is Cc1cc(-c2ncccc2-c2cn3ncnc3cc2Cl)ccc1F. The Bertz CT molecular complexity index is 1060. The lowest BCUT2D eigenvalue weighted by atomic mass is 9.99. The Labute approximate surface area is 142 Å². The Hall–Kier alpha value is -2.79. The van der Waals surface area contributed by atoms with Gasteiger partial charge in [0.2, 0.25) is 0 Å². The topological polar surface area (TPSA) is 43.1 Å². The lowest BCUT2D eigenvalue weighted by Crippen LogP contribution is -1.94. The van der Waals surface area contributed by atoms with Crippen molar-refractivity contribution in [2.45, 2.75) is 6.92 Å². The van der Waals surface area contributed by atoms with E-state index in [0.29, 0.717) is 16.2 Å². The number of benzene rings is 1. The summed E-state index contributed by atoms with van der Waals surface area (Å²) in [5.41, 5.74) is 4.46. The molecule has 0 aliphatic heterocycles. The zero-order valence-corrected chi connectivity index (χ0v) is 13.5. The fourth-order valence-corrected chi connectivity index (χ4v) is 2.93. The second-order valence-electron chi connectivity index (χ2n) is 5.46. The van der Waals surface area contributed by atoms with Crippen molar-refractivity contribution >= 4 is 17.2 Å². The van der Waals surface area contributed by atoms with Crippen molar-refractivity contribution in [3.05, 3.63) is 71.5 Å². The molecule has 0 aliphatic carbocycles. The molecule has 0 amide bonds. The summed E-state index contributed by atoms with van der Waals surface area (Å²) in [6.45, 7) is 1.73. The summed E-state index contributed by atoms with van der Waals surface area (Å²) in [6, 6.07) is 10.5. The molecule has 1 aromatic carbocycles. The van der Waals surface area contributed by atoms with Crippen LogP contribution in [0.5, 0.6) is 0 Å². The van der Waals surface area contributed by atoms with Crippen molar-refractivity contribution in [2.24, 2.45) is 0 Å². The van der Waals surface area contributed by atoms with Crippen LogP contribution in [0.15, 0.2) is 55.1 Å². The van der Waals surface area contributed by atoms with Gasteiger partial charge in [-0.3, -0.25) is 4.98 Å². The minimum absolute atomic E-state index is 0.238. The number of nitrogens with zero attached hydrogens (tertiary/aromatic N) is 4. The van der Waals surface area contributed by atoms with Crippen molar-refractivity contribution < 1.29 is 4.39 Å². The molecule has 0 aliphatic rings. The lowest BCUT2D eigenvalue weighted by molar-refractivity contribution is 0.619.